The standard InChI is InChI=1S/C12H15BrF2N2/c13-10-2-1-9(11(14)12(10)15)3-6-17-7-4-16-5-8-17/h1-2,16H,3-8H2. The van der Waals surface area contributed by atoms with Gasteiger partial charge in [-0.05, 0) is 34.0 Å². The quantitative estimate of drug-likeness (QED) is 0.861. The minimum absolute atomic E-state index is 0.181. The van der Waals surface area contributed by atoms with Crippen molar-refractivity contribution in [1.82, 2.24) is 10.2 Å². The number of benzene rings is 1. The van der Waals surface area contributed by atoms with Crippen molar-refractivity contribution in [2.75, 3.05) is 32.7 Å². The van der Waals surface area contributed by atoms with E-state index in [4.69, 9.17) is 0 Å². The first kappa shape index (κ1) is 12.9. The van der Waals surface area contributed by atoms with Crippen LogP contribution in [0.4, 0.5) is 8.78 Å². The number of nitrogens with zero attached hydrogens (tertiary/aromatic N) is 1. The fourth-order valence-electron chi connectivity index (χ4n) is 1.97. The molecular weight excluding hydrogens is 290 g/mol. The summed E-state index contributed by atoms with van der Waals surface area (Å²) in [5.74, 6) is -1.52. The average molecular weight is 305 g/mol. The Kier molecular flexibility index (Phi) is 4.48. The fourth-order valence-corrected chi connectivity index (χ4v) is 2.28. The smallest absolute Gasteiger partial charge is 0.173 e. The maximum absolute atomic E-state index is 13.6. The lowest BCUT2D eigenvalue weighted by molar-refractivity contribution is 0.243. The molecule has 0 spiro atoms. The van der Waals surface area contributed by atoms with E-state index in [1.165, 1.54) is 0 Å². The van der Waals surface area contributed by atoms with Crippen LogP contribution < -0.4 is 5.32 Å². The Bertz CT molecular complexity index is 392. The molecule has 94 valence electrons. The molecule has 0 saturated carbocycles. The van der Waals surface area contributed by atoms with Crippen LogP contribution in [-0.4, -0.2) is 37.6 Å². The molecule has 1 heterocycles. The Morgan fingerprint density at radius 2 is 1.88 bits per heavy atom. The van der Waals surface area contributed by atoms with Gasteiger partial charge < -0.3 is 10.2 Å². The number of hydrogen-bond donors (Lipinski definition) is 1. The molecular formula is C12H15BrF2N2. The van der Waals surface area contributed by atoms with Crippen molar-refractivity contribution in [3.63, 3.8) is 0 Å². The van der Waals surface area contributed by atoms with Gasteiger partial charge in [0.1, 0.15) is 0 Å². The molecule has 1 saturated heterocycles. The second kappa shape index (κ2) is 5.89. The third-order valence-electron chi connectivity index (χ3n) is 3.02. The summed E-state index contributed by atoms with van der Waals surface area (Å²) >= 11 is 2.97. The molecule has 0 radical (unpaired) electrons. The minimum Gasteiger partial charge on any atom is -0.314 e. The zero-order valence-corrected chi connectivity index (χ0v) is 11.1. The molecule has 0 unspecified atom stereocenters. The van der Waals surface area contributed by atoms with E-state index in [0.717, 1.165) is 32.7 Å². The van der Waals surface area contributed by atoms with Crippen LogP contribution in [0.15, 0.2) is 16.6 Å². The Labute approximate surface area is 108 Å². The first-order valence-electron chi connectivity index (χ1n) is 5.74. The maximum Gasteiger partial charge on any atom is 0.173 e. The van der Waals surface area contributed by atoms with Crippen LogP contribution >= 0.6 is 15.9 Å². The van der Waals surface area contributed by atoms with Crippen LogP contribution in [0.5, 0.6) is 0 Å². The SMILES string of the molecule is Fc1c(Br)ccc(CCN2CCNCC2)c1F. The molecule has 0 bridgehead atoms. The van der Waals surface area contributed by atoms with Crippen molar-refractivity contribution < 1.29 is 8.78 Å². The average Bonchev–Trinajstić information content (AvgIpc) is 2.36. The van der Waals surface area contributed by atoms with Crippen molar-refractivity contribution >= 4 is 15.9 Å². The van der Waals surface area contributed by atoms with Gasteiger partial charge in [0, 0.05) is 32.7 Å². The van der Waals surface area contributed by atoms with Gasteiger partial charge in [0.25, 0.3) is 0 Å². The van der Waals surface area contributed by atoms with Crippen LogP contribution in [0.1, 0.15) is 5.56 Å². The fraction of sp³-hybridized carbons (Fsp3) is 0.500. The van der Waals surface area contributed by atoms with E-state index in [1.54, 1.807) is 12.1 Å². The highest BCUT2D eigenvalue weighted by molar-refractivity contribution is 9.10. The number of nitrogens with one attached hydrogen (secondary N) is 1. The van der Waals surface area contributed by atoms with E-state index in [1.807, 2.05) is 0 Å². The number of halogens is 3. The predicted octanol–water partition coefficient (Wildman–Crippen LogP) is 2.17. The van der Waals surface area contributed by atoms with Crippen molar-refractivity contribution in [3.8, 4) is 0 Å². The summed E-state index contributed by atoms with van der Waals surface area (Å²) < 4.78 is 27.1. The summed E-state index contributed by atoms with van der Waals surface area (Å²) in [7, 11) is 0. The van der Waals surface area contributed by atoms with Gasteiger partial charge in [-0.1, -0.05) is 6.07 Å². The third-order valence-corrected chi connectivity index (χ3v) is 3.63. The van der Waals surface area contributed by atoms with Crippen LogP contribution in [-0.2, 0) is 6.42 Å². The van der Waals surface area contributed by atoms with Gasteiger partial charge >= 0.3 is 0 Å². The highest BCUT2D eigenvalue weighted by Crippen LogP contribution is 2.21. The summed E-state index contributed by atoms with van der Waals surface area (Å²) in [6.45, 7) is 4.66. The molecule has 17 heavy (non-hydrogen) atoms. The highest BCUT2D eigenvalue weighted by atomic mass is 79.9. The molecule has 5 heteroatoms. The molecule has 1 aromatic rings. The summed E-state index contributed by atoms with van der Waals surface area (Å²) in [6, 6.07) is 3.20. The van der Waals surface area contributed by atoms with Gasteiger partial charge in [0.15, 0.2) is 11.6 Å². The van der Waals surface area contributed by atoms with E-state index in [-0.39, 0.29) is 4.47 Å². The summed E-state index contributed by atoms with van der Waals surface area (Å²) in [5, 5.41) is 3.26. The monoisotopic (exact) mass is 304 g/mol. The van der Waals surface area contributed by atoms with Crippen LogP contribution in [0.2, 0.25) is 0 Å². The lowest BCUT2D eigenvalue weighted by atomic mass is 10.1. The lowest BCUT2D eigenvalue weighted by Crippen LogP contribution is -2.44. The lowest BCUT2D eigenvalue weighted by Gasteiger charge is -2.27. The van der Waals surface area contributed by atoms with E-state index in [9.17, 15) is 8.78 Å². The van der Waals surface area contributed by atoms with Crippen molar-refractivity contribution in [2.45, 2.75) is 6.42 Å². The number of rotatable bonds is 3. The summed E-state index contributed by atoms with van der Waals surface area (Å²) in [4.78, 5) is 2.26. The predicted molar refractivity (Wildman–Crippen MR) is 67.1 cm³/mol. The topological polar surface area (TPSA) is 15.3 Å². The van der Waals surface area contributed by atoms with Crippen molar-refractivity contribution in [3.05, 3.63) is 33.8 Å². The van der Waals surface area contributed by atoms with Gasteiger partial charge in [-0.3, -0.25) is 0 Å². The summed E-state index contributed by atoms with van der Waals surface area (Å²) in [6.07, 6.45) is 0.552. The Hall–Kier alpha value is -0.520. The van der Waals surface area contributed by atoms with E-state index >= 15 is 0 Å². The largest absolute Gasteiger partial charge is 0.314 e. The number of hydrogen-bond acceptors (Lipinski definition) is 2. The van der Waals surface area contributed by atoms with Gasteiger partial charge in [-0.25, -0.2) is 8.78 Å². The Morgan fingerprint density at radius 1 is 1.18 bits per heavy atom. The molecule has 0 amide bonds. The van der Waals surface area contributed by atoms with Crippen LogP contribution in [0, 0.1) is 11.6 Å². The first-order chi connectivity index (χ1) is 8.18. The van der Waals surface area contributed by atoms with Crippen LogP contribution in [0.3, 0.4) is 0 Å². The van der Waals surface area contributed by atoms with Crippen molar-refractivity contribution in [1.29, 1.82) is 0 Å². The Morgan fingerprint density at radius 3 is 2.59 bits per heavy atom. The van der Waals surface area contributed by atoms with Gasteiger partial charge in [-0.2, -0.15) is 0 Å². The molecule has 2 rings (SSSR count). The number of piperazine rings is 1. The zero-order valence-electron chi connectivity index (χ0n) is 9.48. The Balaban J connectivity index is 1.96. The van der Waals surface area contributed by atoms with E-state index in [0.29, 0.717) is 12.0 Å². The second-order valence-corrected chi connectivity index (χ2v) is 5.03. The normalized spacial score (nSPS) is 17.4. The highest BCUT2D eigenvalue weighted by Gasteiger charge is 2.14. The van der Waals surface area contributed by atoms with Crippen LogP contribution in [0.25, 0.3) is 0 Å². The molecule has 1 N–H and O–H groups in total. The van der Waals surface area contributed by atoms with Gasteiger partial charge in [-0.15, -0.1) is 0 Å². The van der Waals surface area contributed by atoms with E-state index < -0.39 is 11.6 Å². The van der Waals surface area contributed by atoms with E-state index in [2.05, 4.69) is 26.1 Å². The third kappa shape index (κ3) is 3.24. The molecule has 0 atom stereocenters. The molecule has 1 aromatic carbocycles. The van der Waals surface area contributed by atoms with Crippen molar-refractivity contribution in [2.24, 2.45) is 0 Å². The molecule has 1 fully saturated rings. The summed E-state index contributed by atoms with van der Waals surface area (Å²) in [5.41, 5.74) is 0.448. The van der Waals surface area contributed by atoms with Gasteiger partial charge in [0.2, 0.25) is 0 Å². The first-order valence-corrected chi connectivity index (χ1v) is 6.53. The zero-order chi connectivity index (χ0) is 12.3. The maximum atomic E-state index is 13.6. The minimum atomic E-state index is -0.789. The second-order valence-electron chi connectivity index (χ2n) is 4.18. The molecule has 1 aliphatic rings. The molecule has 2 nitrogen and oxygen atoms in total. The molecule has 0 aromatic heterocycles. The van der Waals surface area contributed by atoms with Gasteiger partial charge in [0.05, 0.1) is 4.47 Å². The molecule has 1 aliphatic heterocycles. The molecule has 0 aliphatic carbocycles.